The Bertz CT molecular complexity index is 358. The van der Waals surface area contributed by atoms with E-state index in [1.54, 1.807) is 6.07 Å². The molecule has 1 aromatic carbocycles. The highest BCUT2D eigenvalue weighted by Crippen LogP contribution is 2.31. The van der Waals surface area contributed by atoms with E-state index in [9.17, 15) is 13.2 Å². The van der Waals surface area contributed by atoms with Crippen molar-refractivity contribution in [2.45, 2.75) is 18.8 Å². The first kappa shape index (κ1) is 11.4. The second kappa shape index (κ2) is 4.43. The topological polar surface area (TPSA) is 21.3 Å². The largest absolute Gasteiger partial charge is 0.416 e. The summed E-state index contributed by atoms with van der Waals surface area (Å²) in [5.74, 6) is 0. The Morgan fingerprint density at radius 1 is 1.31 bits per heavy atom. The second-order valence-corrected chi connectivity index (χ2v) is 3.68. The van der Waals surface area contributed by atoms with Gasteiger partial charge in [-0.3, -0.25) is 5.32 Å². The number of alkyl halides is 3. The van der Waals surface area contributed by atoms with Crippen LogP contribution in [0.1, 0.15) is 23.8 Å². The van der Waals surface area contributed by atoms with Crippen LogP contribution in [-0.4, -0.2) is 13.2 Å². The van der Waals surface area contributed by atoms with E-state index in [-0.39, 0.29) is 0 Å². The molecule has 0 bridgehead atoms. The summed E-state index contributed by atoms with van der Waals surface area (Å²) in [7, 11) is 0. The summed E-state index contributed by atoms with van der Waals surface area (Å²) in [6, 6.07) is 5.23. The molecule has 1 saturated heterocycles. The molecule has 1 atom stereocenters. The molecule has 1 aromatic rings. The quantitative estimate of drug-likeness (QED) is 0.802. The third-order valence-electron chi connectivity index (χ3n) is 2.45. The molecule has 1 aliphatic heterocycles. The highest BCUT2D eigenvalue weighted by atomic mass is 19.4. The van der Waals surface area contributed by atoms with E-state index in [0.717, 1.165) is 25.1 Å². The average molecular weight is 231 g/mol. The number of ether oxygens (including phenoxy) is 1. The standard InChI is InChI=1S/C11H12F3NO/c12-11(13,14)9-4-1-3-8(7-9)10-15-5-2-6-16-10/h1,3-4,7,10,15H,2,5-6H2. The fourth-order valence-corrected chi connectivity index (χ4v) is 1.66. The van der Waals surface area contributed by atoms with E-state index in [1.165, 1.54) is 6.07 Å². The predicted octanol–water partition coefficient (Wildman–Crippen LogP) is 2.71. The number of halogens is 3. The minimum atomic E-state index is -4.30. The van der Waals surface area contributed by atoms with Crippen molar-refractivity contribution in [2.75, 3.05) is 13.2 Å². The van der Waals surface area contributed by atoms with Gasteiger partial charge in [0.05, 0.1) is 12.2 Å². The lowest BCUT2D eigenvalue weighted by Gasteiger charge is -2.24. The van der Waals surface area contributed by atoms with E-state index in [1.807, 2.05) is 0 Å². The maximum absolute atomic E-state index is 12.5. The zero-order valence-corrected chi connectivity index (χ0v) is 8.55. The van der Waals surface area contributed by atoms with Crippen molar-refractivity contribution >= 4 is 0 Å². The number of benzene rings is 1. The minimum absolute atomic E-state index is 0.420. The van der Waals surface area contributed by atoms with Crippen LogP contribution in [0.3, 0.4) is 0 Å². The maximum atomic E-state index is 12.5. The molecule has 1 unspecified atom stereocenters. The van der Waals surface area contributed by atoms with Crippen LogP contribution in [0.2, 0.25) is 0 Å². The van der Waals surface area contributed by atoms with Gasteiger partial charge in [0.15, 0.2) is 0 Å². The van der Waals surface area contributed by atoms with Gasteiger partial charge in [-0.05, 0) is 24.1 Å². The molecule has 0 radical (unpaired) electrons. The lowest BCUT2D eigenvalue weighted by atomic mass is 10.1. The van der Waals surface area contributed by atoms with Gasteiger partial charge in [-0.25, -0.2) is 0 Å². The zero-order valence-electron chi connectivity index (χ0n) is 8.55. The molecule has 2 nitrogen and oxygen atoms in total. The van der Waals surface area contributed by atoms with Crippen LogP contribution in [0.4, 0.5) is 13.2 Å². The molecule has 1 fully saturated rings. The molecular weight excluding hydrogens is 219 g/mol. The van der Waals surface area contributed by atoms with Gasteiger partial charge in [0.25, 0.3) is 0 Å². The number of hydrogen-bond donors (Lipinski definition) is 1. The Labute approximate surface area is 91.4 Å². The summed E-state index contributed by atoms with van der Waals surface area (Å²) in [4.78, 5) is 0. The molecule has 0 aromatic heterocycles. The fraction of sp³-hybridized carbons (Fsp3) is 0.455. The summed E-state index contributed by atoms with van der Waals surface area (Å²) < 4.78 is 42.8. The van der Waals surface area contributed by atoms with Crippen LogP contribution in [0.15, 0.2) is 24.3 Å². The molecule has 1 heterocycles. The monoisotopic (exact) mass is 231 g/mol. The van der Waals surface area contributed by atoms with Gasteiger partial charge < -0.3 is 4.74 Å². The van der Waals surface area contributed by atoms with Crippen molar-refractivity contribution < 1.29 is 17.9 Å². The third kappa shape index (κ3) is 2.54. The van der Waals surface area contributed by atoms with Gasteiger partial charge in [-0.15, -0.1) is 0 Å². The van der Waals surface area contributed by atoms with Gasteiger partial charge in [0, 0.05) is 6.54 Å². The van der Waals surface area contributed by atoms with E-state index >= 15 is 0 Å². The zero-order chi connectivity index (χ0) is 11.6. The molecule has 0 saturated carbocycles. The summed E-state index contributed by atoms with van der Waals surface area (Å²) in [6.07, 6.45) is -3.84. The van der Waals surface area contributed by atoms with E-state index < -0.39 is 18.0 Å². The Hall–Kier alpha value is -1.07. The lowest BCUT2D eigenvalue weighted by Crippen LogP contribution is -2.31. The van der Waals surface area contributed by atoms with Crippen molar-refractivity contribution in [2.24, 2.45) is 0 Å². The Morgan fingerprint density at radius 3 is 2.75 bits per heavy atom. The number of rotatable bonds is 1. The average Bonchev–Trinajstić information content (AvgIpc) is 2.29. The molecule has 2 rings (SSSR count). The summed E-state index contributed by atoms with van der Waals surface area (Å²) >= 11 is 0. The summed E-state index contributed by atoms with van der Waals surface area (Å²) in [5.41, 5.74) is -0.115. The number of nitrogens with one attached hydrogen (secondary N) is 1. The van der Waals surface area contributed by atoms with E-state index in [0.29, 0.717) is 12.2 Å². The van der Waals surface area contributed by atoms with Crippen molar-refractivity contribution in [3.05, 3.63) is 35.4 Å². The van der Waals surface area contributed by atoms with Crippen LogP contribution in [0.25, 0.3) is 0 Å². The first-order chi connectivity index (χ1) is 7.57. The van der Waals surface area contributed by atoms with Gasteiger partial charge >= 0.3 is 6.18 Å². The van der Waals surface area contributed by atoms with Gasteiger partial charge in [0.1, 0.15) is 6.23 Å². The molecule has 0 aliphatic carbocycles. The first-order valence-electron chi connectivity index (χ1n) is 5.09. The van der Waals surface area contributed by atoms with Crippen molar-refractivity contribution in [3.63, 3.8) is 0 Å². The van der Waals surface area contributed by atoms with Gasteiger partial charge in [-0.1, -0.05) is 12.1 Å². The second-order valence-electron chi connectivity index (χ2n) is 3.68. The van der Waals surface area contributed by atoms with Crippen LogP contribution in [-0.2, 0) is 10.9 Å². The normalized spacial score (nSPS) is 22.1. The molecule has 0 amide bonds. The summed E-state index contributed by atoms with van der Waals surface area (Å²) in [6.45, 7) is 1.34. The van der Waals surface area contributed by atoms with E-state index in [2.05, 4.69) is 5.32 Å². The Kier molecular flexibility index (Phi) is 3.16. The lowest BCUT2D eigenvalue weighted by molar-refractivity contribution is -0.137. The van der Waals surface area contributed by atoms with E-state index in [4.69, 9.17) is 4.74 Å². The highest BCUT2D eigenvalue weighted by Gasteiger charge is 2.31. The molecule has 5 heteroatoms. The van der Waals surface area contributed by atoms with Crippen molar-refractivity contribution in [3.8, 4) is 0 Å². The van der Waals surface area contributed by atoms with Gasteiger partial charge in [0.2, 0.25) is 0 Å². The third-order valence-corrected chi connectivity index (χ3v) is 2.45. The first-order valence-corrected chi connectivity index (χ1v) is 5.09. The van der Waals surface area contributed by atoms with Crippen LogP contribution in [0.5, 0.6) is 0 Å². The molecular formula is C11H12F3NO. The Balaban J connectivity index is 2.21. The molecule has 88 valence electrons. The van der Waals surface area contributed by atoms with Gasteiger partial charge in [-0.2, -0.15) is 13.2 Å². The molecule has 0 spiro atoms. The highest BCUT2D eigenvalue weighted by molar-refractivity contribution is 5.27. The molecule has 1 N–H and O–H groups in total. The molecule has 16 heavy (non-hydrogen) atoms. The molecule has 1 aliphatic rings. The van der Waals surface area contributed by atoms with Crippen LogP contribution >= 0.6 is 0 Å². The minimum Gasteiger partial charge on any atom is -0.359 e. The predicted molar refractivity (Wildman–Crippen MR) is 52.8 cm³/mol. The maximum Gasteiger partial charge on any atom is 0.416 e. The number of hydrogen-bond acceptors (Lipinski definition) is 2. The summed E-state index contributed by atoms with van der Waals surface area (Å²) in [5, 5.41) is 3.02. The smallest absolute Gasteiger partial charge is 0.359 e. The van der Waals surface area contributed by atoms with Crippen LogP contribution < -0.4 is 5.32 Å². The Morgan fingerprint density at radius 2 is 2.12 bits per heavy atom. The SMILES string of the molecule is FC(F)(F)c1cccc(C2NCCCO2)c1. The fourth-order valence-electron chi connectivity index (χ4n) is 1.66. The van der Waals surface area contributed by atoms with Crippen molar-refractivity contribution in [1.29, 1.82) is 0 Å². The van der Waals surface area contributed by atoms with Crippen molar-refractivity contribution in [1.82, 2.24) is 5.32 Å². The van der Waals surface area contributed by atoms with Crippen LogP contribution in [0, 0.1) is 0 Å².